The summed E-state index contributed by atoms with van der Waals surface area (Å²) in [6, 6.07) is 11.3. The molecule has 4 aromatic rings. The van der Waals surface area contributed by atoms with Gasteiger partial charge >= 0.3 is 11.9 Å². The molecule has 0 saturated heterocycles. The van der Waals surface area contributed by atoms with Crippen LogP contribution in [0.1, 0.15) is 74.1 Å². The second kappa shape index (κ2) is 16.9. The number of hydrogen-bond acceptors (Lipinski definition) is 8. The Morgan fingerprint density at radius 1 is 0.805 bits per heavy atom. The first-order valence-corrected chi connectivity index (χ1v) is 13.8. The number of fused-ring (bicyclic) bond motifs is 2. The fourth-order valence-corrected chi connectivity index (χ4v) is 4.11. The van der Waals surface area contributed by atoms with Crippen molar-refractivity contribution < 1.29 is 23.9 Å². The van der Waals surface area contributed by atoms with Crippen LogP contribution >= 0.6 is 0 Å². The third-order valence-electron chi connectivity index (χ3n) is 6.46. The topological polar surface area (TPSA) is 117 Å². The van der Waals surface area contributed by atoms with Crippen molar-refractivity contribution in [3.63, 3.8) is 0 Å². The lowest BCUT2D eigenvalue weighted by Crippen LogP contribution is -2.21. The summed E-state index contributed by atoms with van der Waals surface area (Å²) in [7, 11) is 8.38. The van der Waals surface area contributed by atoms with E-state index in [1.165, 1.54) is 14.2 Å². The highest BCUT2D eigenvalue weighted by Gasteiger charge is 2.20. The van der Waals surface area contributed by atoms with E-state index in [4.69, 9.17) is 4.74 Å². The van der Waals surface area contributed by atoms with E-state index in [1.54, 1.807) is 12.1 Å². The number of esters is 2. The first-order chi connectivity index (χ1) is 19.6. The lowest BCUT2D eigenvalue weighted by molar-refractivity contribution is -0.141. The van der Waals surface area contributed by atoms with Crippen LogP contribution in [0.2, 0.25) is 0 Å². The number of methoxy groups -OCH3 is 2. The fourth-order valence-electron chi connectivity index (χ4n) is 4.11. The van der Waals surface area contributed by atoms with Crippen molar-refractivity contribution in [2.45, 2.75) is 60.4 Å². The zero-order chi connectivity index (χ0) is 31.3. The van der Waals surface area contributed by atoms with Crippen LogP contribution in [0.15, 0.2) is 36.4 Å². The van der Waals surface area contributed by atoms with E-state index in [9.17, 15) is 14.4 Å². The number of carbonyl (C=O) groups excluding carboxylic acids is 3. The highest BCUT2D eigenvalue weighted by Crippen LogP contribution is 2.26. The second-order valence-electron chi connectivity index (χ2n) is 8.62. The first-order valence-electron chi connectivity index (χ1n) is 13.8. The Morgan fingerprint density at radius 3 is 1.80 bits per heavy atom. The van der Waals surface area contributed by atoms with Gasteiger partial charge in [0.05, 0.1) is 42.7 Å². The molecule has 0 bridgehead atoms. The molecule has 41 heavy (non-hydrogen) atoms. The van der Waals surface area contributed by atoms with Gasteiger partial charge in [-0.1, -0.05) is 45.9 Å². The molecule has 224 valence electrons. The molecule has 0 saturated carbocycles. The summed E-state index contributed by atoms with van der Waals surface area (Å²) in [5.41, 5.74) is 5.00. The van der Waals surface area contributed by atoms with E-state index >= 15 is 0 Å². The van der Waals surface area contributed by atoms with Crippen LogP contribution in [-0.4, -0.2) is 58.1 Å². The van der Waals surface area contributed by atoms with Gasteiger partial charge in [0.25, 0.3) is 0 Å². The number of ether oxygens (including phenoxy) is 2. The summed E-state index contributed by atoms with van der Waals surface area (Å²) in [6.45, 7) is 11.8. The smallest absolute Gasteiger partial charge is 0.313 e. The van der Waals surface area contributed by atoms with Crippen molar-refractivity contribution in [3.8, 4) is 0 Å². The number of ketones is 1. The van der Waals surface area contributed by atoms with E-state index in [2.05, 4.69) is 20.0 Å². The Balaban J connectivity index is 0.000000366. The summed E-state index contributed by atoms with van der Waals surface area (Å²) in [6.07, 6.45) is 0.0347. The molecule has 10 nitrogen and oxygen atoms in total. The minimum Gasteiger partial charge on any atom is -0.469 e. The van der Waals surface area contributed by atoms with Crippen molar-refractivity contribution in [1.29, 1.82) is 0 Å². The van der Waals surface area contributed by atoms with Crippen LogP contribution < -0.4 is 5.32 Å². The van der Waals surface area contributed by atoms with Gasteiger partial charge in [0.1, 0.15) is 18.1 Å². The second-order valence-corrected chi connectivity index (χ2v) is 8.62. The fraction of sp³-hybridized carbons (Fsp3) is 0.452. The number of aryl methyl sites for hydroxylation is 4. The molecule has 1 atom stereocenters. The Morgan fingerprint density at radius 2 is 1.29 bits per heavy atom. The van der Waals surface area contributed by atoms with E-state index in [0.29, 0.717) is 17.5 Å². The van der Waals surface area contributed by atoms with Crippen molar-refractivity contribution >= 4 is 39.8 Å². The third-order valence-corrected chi connectivity index (χ3v) is 6.46. The molecule has 0 aliphatic rings. The van der Waals surface area contributed by atoms with Gasteiger partial charge in [-0.25, -0.2) is 9.97 Å². The number of rotatable bonds is 7. The molecule has 4 rings (SSSR count). The van der Waals surface area contributed by atoms with Crippen molar-refractivity contribution in [2.24, 2.45) is 14.1 Å². The largest absolute Gasteiger partial charge is 0.469 e. The van der Waals surface area contributed by atoms with E-state index in [0.717, 1.165) is 33.8 Å². The molecular weight excluding hydrogens is 522 g/mol. The van der Waals surface area contributed by atoms with E-state index in [-0.39, 0.29) is 24.2 Å². The Labute approximate surface area is 243 Å². The van der Waals surface area contributed by atoms with Gasteiger partial charge in [0.2, 0.25) is 0 Å². The minimum atomic E-state index is -0.537. The number of benzene rings is 2. The molecule has 0 aliphatic carbocycles. The standard InChI is InChI=1S/C14H19N3O2.C13H14N2O3.2C2H6/c1-9-16-14-10(6-5-7-12(14)17(9)3)11(15-2)8-13(18)19-4;1-8-14-13-9(11(16)7-12(17)18-3)5-4-6-10(13)15(8)2;2*1-2/h5-7,11,15H,8H2,1-4H3;4-6H,7H2,1-3H3;2*1-2H3. The number of para-hydroxylation sites is 2. The lowest BCUT2D eigenvalue weighted by Gasteiger charge is -2.15. The number of aromatic nitrogens is 4. The zero-order valence-corrected chi connectivity index (χ0v) is 26.3. The van der Waals surface area contributed by atoms with Crippen LogP contribution in [0.5, 0.6) is 0 Å². The van der Waals surface area contributed by atoms with E-state index < -0.39 is 5.97 Å². The number of nitrogens with zero attached hydrogens (tertiary/aromatic N) is 4. The normalized spacial score (nSPS) is 10.8. The Hall–Kier alpha value is -4.05. The van der Waals surface area contributed by atoms with Gasteiger partial charge in [-0.2, -0.15) is 0 Å². The predicted molar refractivity (Wildman–Crippen MR) is 163 cm³/mol. The molecule has 2 aromatic carbocycles. The maximum absolute atomic E-state index is 12.0. The monoisotopic (exact) mass is 567 g/mol. The molecule has 0 radical (unpaired) electrons. The van der Waals surface area contributed by atoms with Crippen LogP contribution in [0.3, 0.4) is 0 Å². The summed E-state index contributed by atoms with van der Waals surface area (Å²) < 4.78 is 13.2. The molecule has 2 aromatic heterocycles. The number of carbonyl (C=O) groups is 3. The molecule has 1 unspecified atom stereocenters. The van der Waals surface area contributed by atoms with Crippen molar-refractivity contribution in [3.05, 3.63) is 59.2 Å². The molecule has 0 aliphatic heterocycles. The van der Waals surface area contributed by atoms with E-state index in [1.807, 2.05) is 96.1 Å². The average molecular weight is 568 g/mol. The SMILES string of the molecule is CC.CC.CNC(CC(=O)OC)c1cccc2c1nc(C)n2C.COC(=O)CC(=O)c1cccc2c1nc(C)n2C. The zero-order valence-electron chi connectivity index (χ0n) is 26.3. The van der Waals surface area contributed by atoms with Crippen molar-refractivity contribution in [2.75, 3.05) is 21.3 Å². The van der Waals surface area contributed by atoms with Gasteiger partial charge in [-0.15, -0.1) is 0 Å². The molecule has 0 amide bonds. The van der Waals surface area contributed by atoms with Crippen LogP contribution in [0.4, 0.5) is 0 Å². The quantitative estimate of drug-likeness (QED) is 0.180. The summed E-state index contributed by atoms with van der Waals surface area (Å²) in [5, 5.41) is 3.15. The Kier molecular flexibility index (Phi) is 14.4. The molecular formula is C31H45N5O5. The highest BCUT2D eigenvalue weighted by atomic mass is 16.5. The summed E-state index contributed by atoms with van der Waals surface area (Å²) >= 11 is 0. The molecule has 0 fully saturated rings. The molecule has 0 spiro atoms. The third kappa shape index (κ3) is 8.47. The number of Topliss-reactive ketones (excluding diaryl/α,β-unsaturated/α-hetero) is 1. The first kappa shape index (κ1) is 35.0. The maximum Gasteiger partial charge on any atom is 0.313 e. The van der Waals surface area contributed by atoms with Gasteiger partial charge in [0, 0.05) is 25.7 Å². The van der Waals surface area contributed by atoms with Gasteiger partial charge in [-0.05, 0) is 44.7 Å². The van der Waals surface area contributed by atoms with Crippen LogP contribution in [0, 0.1) is 13.8 Å². The highest BCUT2D eigenvalue weighted by molar-refractivity contribution is 6.12. The van der Waals surface area contributed by atoms with Crippen molar-refractivity contribution in [1.82, 2.24) is 24.4 Å². The van der Waals surface area contributed by atoms with Crippen LogP contribution in [0.25, 0.3) is 22.1 Å². The number of imidazole rings is 2. The lowest BCUT2D eigenvalue weighted by atomic mass is 10.0. The van der Waals surface area contributed by atoms with Gasteiger partial charge in [0.15, 0.2) is 5.78 Å². The average Bonchev–Trinajstić information content (AvgIpc) is 3.47. The minimum absolute atomic E-state index is 0.0922. The summed E-state index contributed by atoms with van der Waals surface area (Å²) in [4.78, 5) is 43.6. The number of nitrogens with one attached hydrogen (secondary N) is 1. The molecule has 10 heteroatoms. The number of hydrogen-bond donors (Lipinski definition) is 1. The van der Waals surface area contributed by atoms with Gasteiger partial charge in [-0.3, -0.25) is 14.4 Å². The predicted octanol–water partition coefficient (Wildman–Crippen LogP) is 5.39. The van der Waals surface area contributed by atoms with Gasteiger partial charge < -0.3 is 23.9 Å². The summed E-state index contributed by atoms with van der Waals surface area (Å²) in [5.74, 6) is 0.734. The maximum atomic E-state index is 12.0. The van der Waals surface area contributed by atoms with Crippen LogP contribution in [-0.2, 0) is 33.2 Å². The Bertz CT molecular complexity index is 1450. The molecule has 2 heterocycles. The molecule has 1 N–H and O–H groups in total.